The lowest BCUT2D eigenvalue weighted by atomic mass is 10.2. The Morgan fingerprint density at radius 3 is 2.83 bits per heavy atom. The molecule has 2 aromatic heterocycles. The maximum Gasteiger partial charge on any atom is 0.255 e. The van der Waals surface area contributed by atoms with Crippen molar-refractivity contribution in [2.24, 2.45) is 0 Å². The SMILES string of the molecule is Cc1occc1C(=O)NCc1ccc(Oc2cccc(F)c2)nc1. The van der Waals surface area contributed by atoms with Gasteiger partial charge in [-0.1, -0.05) is 12.1 Å². The summed E-state index contributed by atoms with van der Waals surface area (Å²) in [6, 6.07) is 10.9. The molecule has 0 aliphatic carbocycles. The van der Waals surface area contributed by atoms with Gasteiger partial charge in [-0.3, -0.25) is 4.79 Å². The van der Waals surface area contributed by atoms with Crippen LogP contribution in [-0.2, 0) is 6.54 Å². The largest absolute Gasteiger partial charge is 0.469 e. The van der Waals surface area contributed by atoms with Crippen LogP contribution in [0.1, 0.15) is 21.7 Å². The van der Waals surface area contributed by atoms with Gasteiger partial charge in [0.05, 0.1) is 11.8 Å². The molecular weight excluding hydrogens is 311 g/mol. The molecule has 6 heteroatoms. The number of nitrogens with zero attached hydrogens (tertiary/aromatic N) is 1. The number of aryl methyl sites for hydroxylation is 1. The molecule has 0 saturated heterocycles. The van der Waals surface area contributed by atoms with Gasteiger partial charge in [-0.15, -0.1) is 0 Å². The fourth-order valence-electron chi connectivity index (χ4n) is 2.13. The zero-order valence-corrected chi connectivity index (χ0v) is 13.0. The number of aromatic nitrogens is 1. The number of hydrogen-bond donors (Lipinski definition) is 1. The van der Waals surface area contributed by atoms with Crippen molar-refractivity contribution in [2.75, 3.05) is 0 Å². The second-order valence-corrected chi connectivity index (χ2v) is 5.14. The van der Waals surface area contributed by atoms with E-state index >= 15 is 0 Å². The van der Waals surface area contributed by atoms with Crippen LogP contribution < -0.4 is 10.1 Å². The lowest BCUT2D eigenvalue weighted by Crippen LogP contribution is -2.23. The number of furan rings is 1. The molecular formula is C18H15FN2O3. The van der Waals surface area contributed by atoms with Gasteiger partial charge in [0.1, 0.15) is 17.3 Å². The van der Waals surface area contributed by atoms with E-state index in [9.17, 15) is 9.18 Å². The van der Waals surface area contributed by atoms with Gasteiger partial charge in [-0.2, -0.15) is 0 Å². The predicted molar refractivity (Wildman–Crippen MR) is 85.3 cm³/mol. The van der Waals surface area contributed by atoms with Crippen molar-refractivity contribution < 1.29 is 18.3 Å². The van der Waals surface area contributed by atoms with Crippen molar-refractivity contribution in [3.05, 3.63) is 77.6 Å². The molecule has 0 spiro atoms. The summed E-state index contributed by atoms with van der Waals surface area (Å²) in [7, 11) is 0. The summed E-state index contributed by atoms with van der Waals surface area (Å²) >= 11 is 0. The van der Waals surface area contributed by atoms with Gasteiger partial charge in [-0.25, -0.2) is 9.37 Å². The maximum absolute atomic E-state index is 13.1. The molecule has 1 aromatic carbocycles. The first-order valence-corrected chi connectivity index (χ1v) is 7.32. The predicted octanol–water partition coefficient (Wildman–Crippen LogP) is 3.84. The molecule has 3 rings (SSSR count). The molecule has 0 saturated carbocycles. The molecule has 24 heavy (non-hydrogen) atoms. The van der Waals surface area contributed by atoms with Crippen molar-refractivity contribution in [1.82, 2.24) is 10.3 Å². The molecule has 0 fully saturated rings. The summed E-state index contributed by atoms with van der Waals surface area (Å²) in [6.07, 6.45) is 3.07. The molecule has 0 bridgehead atoms. The second-order valence-electron chi connectivity index (χ2n) is 5.14. The van der Waals surface area contributed by atoms with Gasteiger partial charge in [-0.05, 0) is 30.7 Å². The number of ether oxygens (including phenoxy) is 1. The fourth-order valence-corrected chi connectivity index (χ4v) is 2.13. The van der Waals surface area contributed by atoms with E-state index in [0.29, 0.717) is 29.5 Å². The molecule has 0 unspecified atom stereocenters. The number of amides is 1. The smallest absolute Gasteiger partial charge is 0.255 e. The number of benzene rings is 1. The monoisotopic (exact) mass is 326 g/mol. The highest BCUT2D eigenvalue weighted by molar-refractivity contribution is 5.94. The Bertz CT molecular complexity index is 843. The highest BCUT2D eigenvalue weighted by atomic mass is 19.1. The summed E-state index contributed by atoms with van der Waals surface area (Å²) in [6.45, 7) is 2.06. The molecule has 3 aromatic rings. The number of carbonyl (C=O) groups excluding carboxylic acids is 1. The van der Waals surface area contributed by atoms with E-state index in [1.54, 1.807) is 43.5 Å². The van der Waals surface area contributed by atoms with Crippen molar-refractivity contribution in [1.29, 1.82) is 0 Å². The quantitative estimate of drug-likeness (QED) is 0.773. The molecule has 122 valence electrons. The van der Waals surface area contributed by atoms with E-state index in [2.05, 4.69) is 10.3 Å². The Kier molecular flexibility index (Phi) is 4.56. The Hall–Kier alpha value is -3.15. The second kappa shape index (κ2) is 6.95. The third-order valence-corrected chi connectivity index (χ3v) is 3.37. The average Bonchev–Trinajstić information content (AvgIpc) is 3.00. The molecule has 1 N–H and O–H groups in total. The molecule has 0 aliphatic rings. The third kappa shape index (κ3) is 3.78. The zero-order valence-electron chi connectivity index (χ0n) is 13.0. The summed E-state index contributed by atoms with van der Waals surface area (Å²) in [5, 5.41) is 2.79. The van der Waals surface area contributed by atoms with Crippen LogP contribution in [-0.4, -0.2) is 10.9 Å². The van der Waals surface area contributed by atoms with Gasteiger partial charge in [0.2, 0.25) is 5.88 Å². The molecule has 0 atom stereocenters. The first-order valence-electron chi connectivity index (χ1n) is 7.32. The van der Waals surface area contributed by atoms with E-state index in [1.165, 1.54) is 18.4 Å². The summed E-state index contributed by atoms with van der Waals surface area (Å²) in [5.74, 6) is 0.715. The first-order chi connectivity index (χ1) is 11.6. The van der Waals surface area contributed by atoms with E-state index in [4.69, 9.17) is 9.15 Å². The normalized spacial score (nSPS) is 10.4. The van der Waals surface area contributed by atoms with Gasteiger partial charge in [0, 0.05) is 24.9 Å². The van der Waals surface area contributed by atoms with E-state index in [0.717, 1.165) is 5.56 Å². The van der Waals surface area contributed by atoms with Crippen molar-refractivity contribution in [3.63, 3.8) is 0 Å². The van der Waals surface area contributed by atoms with Crippen LogP contribution in [0.25, 0.3) is 0 Å². The molecule has 5 nitrogen and oxygen atoms in total. The summed E-state index contributed by atoms with van der Waals surface area (Å²) < 4.78 is 23.7. The van der Waals surface area contributed by atoms with E-state index in [1.807, 2.05) is 0 Å². The minimum atomic E-state index is -0.374. The highest BCUT2D eigenvalue weighted by Crippen LogP contribution is 2.20. The van der Waals surface area contributed by atoms with Crippen LogP contribution >= 0.6 is 0 Å². The van der Waals surface area contributed by atoms with Crippen LogP contribution in [0.2, 0.25) is 0 Å². The zero-order chi connectivity index (χ0) is 16.9. The summed E-state index contributed by atoms with van der Waals surface area (Å²) in [4.78, 5) is 16.1. The minimum Gasteiger partial charge on any atom is -0.469 e. The van der Waals surface area contributed by atoms with Crippen molar-refractivity contribution >= 4 is 5.91 Å². The minimum absolute atomic E-state index is 0.207. The number of halogens is 1. The highest BCUT2D eigenvalue weighted by Gasteiger charge is 2.10. The number of carbonyl (C=O) groups is 1. The Morgan fingerprint density at radius 1 is 1.29 bits per heavy atom. The Labute approximate surface area is 138 Å². The van der Waals surface area contributed by atoms with Gasteiger partial charge >= 0.3 is 0 Å². The summed E-state index contributed by atoms with van der Waals surface area (Å²) in [5.41, 5.74) is 1.32. The Morgan fingerprint density at radius 2 is 2.17 bits per heavy atom. The fraction of sp³-hybridized carbons (Fsp3) is 0.111. The third-order valence-electron chi connectivity index (χ3n) is 3.37. The maximum atomic E-state index is 13.1. The molecule has 0 radical (unpaired) electrons. The van der Waals surface area contributed by atoms with E-state index < -0.39 is 0 Å². The number of pyridine rings is 1. The van der Waals surface area contributed by atoms with E-state index in [-0.39, 0.29) is 11.7 Å². The topological polar surface area (TPSA) is 64.4 Å². The van der Waals surface area contributed by atoms with Crippen LogP contribution in [0, 0.1) is 12.7 Å². The number of rotatable bonds is 5. The number of nitrogens with one attached hydrogen (secondary N) is 1. The van der Waals surface area contributed by atoms with Crippen molar-refractivity contribution in [2.45, 2.75) is 13.5 Å². The van der Waals surface area contributed by atoms with Crippen LogP contribution in [0.15, 0.2) is 59.3 Å². The van der Waals surface area contributed by atoms with Crippen LogP contribution in [0.3, 0.4) is 0 Å². The van der Waals surface area contributed by atoms with Crippen molar-refractivity contribution in [3.8, 4) is 11.6 Å². The molecule has 1 amide bonds. The lowest BCUT2D eigenvalue weighted by molar-refractivity contribution is 0.0949. The van der Waals surface area contributed by atoms with Gasteiger partial charge in [0.15, 0.2) is 0 Å². The molecule has 0 aliphatic heterocycles. The van der Waals surface area contributed by atoms with Gasteiger partial charge < -0.3 is 14.5 Å². The Balaban J connectivity index is 1.58. The average molecular weight is 326 g/mol. The number of hydrogen-bond acceptors (Lipinski definition) is 4. The van der Waals surface area contributed by atoms with Crippen LogP contribution in [0.4, 0.5) is 4.39 Å². The lowest BCUT2D eigenvalue weighted by Gasteiger charge is -2.07. The van der Waals surface area contributed by atoms with Gasteiger partial charge in [0.25, 0.3) is 5.91 Å². The standard InChI is InChI=1S/C18H15FN2O3/c1-12-16(7-8-23-12)18(22)21-11-13-5-6-17(20-10-13)24-15-4-2-3-14(19)9-15/h2-10H,11H2,1H3,(H,21,22). The first kappa shape index (κ1) is 15.7. The van der Waals surface area contributed by atoms with Crippen LogP contribution in [0.5, 0.6) is 11.6 Å². The molecule has 2 heterocycles.